The molecule has 2 aliphatic rings. The van der Waals surface area contributed by atoms with Gasteiger partial charge in [-0.05, 0) is 68.4 Å². The van der Waals surface area contributed by atoms with Gasteiger partial charge in [0.05, 0.1) is 0 Å². The highest BCUT2D eigenvalue weighted by Crippen LogP contribution is 2.37. The quantitative estimate of drug-likeness (QED) is 0.534. The summed E-state index contributed by atoms with van der Waals surface area (Å²) in [5, 5.41) is 3.07. The van der Waals surface area contributed by atoms with Crippen molar-refractivity contribution in [1.29, 1.82) is 0 Å². The molecule has 5 nitrogen and oxygen atoms in total. The topological polar surface area (TPSA) is 48.5 Å². The van der Waals surface area contributed by atoms with Crippen LogP contribution in [0.5, 0.6) is 0 Å². The van der Waals surface area contributed by atoms with E-state index in [1.807, 2.05) is 25.2 Å². The van der Waals surface area contributed by atoms with Gasteiger partial charge in [0.15, 0.2) is 0 Å². The van der Waals surface area contributed by atoms with Gasteiger partial charge in [-0.2, -0.15) is 26.3 Å². The number of fused-ring (bicyclic) bond motifs is 1. The molecule has 196 valence electrons. The summed E-state index contributed by atoms with van der Waals surface area (Å²) in [4.78, 5) is 19.4. The number of hydrogen-bond acceptors (Lipinski definition) is 4. The Labute approximate surface area is 205 Å². The van der Waals surface area contributed by atoms with Crippen LogP contribution in [0.3, 0.4) is 0 Å². The Morgan fingerprint density at radius 1 is 1.03 bits per heavy atom. The predicted octanol–water partition coefficient (Wildman–Crippen LogP) is 5.68. The van der Waals surface area contributed by atoms with Gasteiger partial charge in [0, 0.05) is 49.7 Å². The standard InChI is InChI=1S/C25H28F6N4O/c1-34-12-4-6-18-19(5-3-7-20(18)34)23(36)32-15-8-10-16(11-9-15)35(2)17-13-21(24(26,27)28)33-22(14-17)25(29,30)31/h3,5,7,13-16H,4,6,8-12H2,1-2H3,(H,32,36). The molecule has 1 amide bonds. The number of rotatable bonds is 4. The number of amides is 1. The van der Waals surface area contributed by atoms with E-state index < -0.39 is 23.7 Å². The predicted molar refractivity (Wildman–Crippen MR) is 124 cm³/mol. The highest BCUT2D eigenvalue weighted by atomic mass is 19.4. The zero-order valence-electron chi connectivity index (χ0n) is 20.0. The van der Waals surface area contributed by atoms with Crippen LogP contribution in [0.15, 0.2) is 30.3 Å². The van der Waals surface area contributed by atoms with Crippen LogP contribution in [0.1, 0.15) is 59.4 Å². The summed E-state index contributed by atoms with van der Waals surface area (Å²) >= 11 is 0. The number of pyridine rings is 1. The zero-order valence-corrected chi connectivity index (χ0v) is 20.0. The molecule has 1 aliphatic carbocycles. The van der Waals surface area contributed by atoms with Crippen molar-refractivity contribution in [3.63, 3.8) is 0 Å². The number of hydrogen-bond donors (Lipinski definition) is 1. The molecule has 36 heavy (non-hydrogen) atoms. The first-order valence-electron chi connectivity index (χ1n) is 11.9. The summed E-state index contributed by atoms with van der Waals surface area (Å²) in [6.45, 7) is 0.933. The van der Waals surface area contributed by atoms with E-state index in [4.69, 9.17) is 0 Å². The Morgan fingerprint density at radius 2 is 1.64 bits per heavy atom. The van der Waals surface area contributed by atoms with Crippen LogP contribution in [0, 0.1) is 0 Å². The third-order valence-corrected chi connectivity index (χ3v) is 7.11. The molecule has 0 radical (unpaired) electrons. The van der Waals surface area contributed by atoms with Crippen LogP contribution in [0.2, 0.25) is 0 Å². The number of aromatic nitrogens is 1. The lowest BCUT2D eigenvalue weighted by atomic mass is 9.89. The molecule has 0 atom stereocenters. The number of alkyl halides is 6. The Hall–Kier alpha value is -2.98. The average molecular weight is 515 g/mol. The van der Waals surface area contributed by atoms with Gasteiger partial charge in [-0.3, -0.25) is 4.79 Å². The lowest BCUT2D eigenvalue weighted by Gasteiger charge is -2.36. The molecule has 1 aliphatic heterocycles. The summed E-state index contributed by atoms with van der Waals surface area (Å²) < 4.78 is 79.1. The minimum Gasteiger partial charge on any atom is -0.374 e. The fourth-order valence-corrected chi connectivity index (χ4v) is 5.11. The number of nitrogens with one attached hydrogen (secondary N) is 1. The van der Waals surface area contributed by atoms with E-state index in [2.05, 4.69) is 15.2 Å². The molecule has 0 saturated heterocycles. The van der Waals surface area contributed by atoms with Crippen LogP contribution >= 0.6 is 0 Å². The van der Waals surface area contributed by atoms with Gasteiger partial charge in [-0.25, -0.2) is 4.98 Å². The van der Waals surface area contributed by atoms with Gasteiger partial charge in [0.25, 0.3) is 5.91 Å². The number of nitrogens with zero attached hydrogens (tertiary/aromatic N) is 3. The minimum absolute atomic E-state index is 0.117. The molecule has 2 aromatic rings. The van der Waals surface area contributed by atoms with Gasteiger partial charge in [-0.1, -0.05) is 6.07 Å². The van der Waals surface area contributed by atoms with Crippen LogP contribution in [-0.2, 0) is 18.8 Å². The van der Waals surface area contributed by atoms with Crippen molar-refractivity contribution in [2.75, 3.05) is 30.4 Å². The van der Waals surface area contributed by atoms with Crippen molar-refractivity contribution in [2.24, 2.45) is 0 Å². The number of carbonyl (C=O) groups is 1. The molecule has 0 bridgehead atoms. The van der Waals surface area contributed by atoms with Gasteiger partial charge in [0.1, 0.15) is 11.4 Å². The Kier molecular flexibility index (Phi) is 7.12. The van der Waals surface area contributed by atoms with Crippen LogP contribution in [-0.4, -0.2) is 43.6 Å². The number of halogens is 6. The zero-order chi connectivity index (χ0) is 26.3. The highest BCUT2D eigenvalue weighted by molar-refractivity contribution is 5.97. The maximum atomic E-state index is 13.2. The van der Waals surface area contributed by atoms with E-state index in [9.17, 15) is 31.1 Å². The molecule has 2 heterocycles. The third-order valence-electron chi connectivity index (χ3n) is 7.11. The monoisotopic (exact) mass is 514 g/mol. The molecule has 1 fully saturated rings. The van der Waals surface area contributed by atoms with Crippen molar-refractivity contribution in [1.82, 2.24) is 10.3 Å². The Bertz CT molecular complexity index is 1080. The van der Waals surface area contributed by atoms with Crippen molar-refractivity contribution < 1.29 is 31.1 Å². The third kappa shape index (κ3) is 5.54. The SMILES string of the molecule is CN1CCCc2c(C(=O)NC3CCC(N(C)c4cc(C(F)(F)F)nc(C(F)(F)F)c4)CC3)cccc21. The van der Waals surface area contributed by atoms with Gasteiger partial charge in [0.2, 0.25) is 0 Å². The lowest BCUT2D eigenvalue weighted by Crippen LogP contribution is -2.43. The van der Waals surface area contributed by atoms with Crippen molar-refractivity contribution in [2.45, 2.75) is 63.0 Å². The summed E-state index contributed by atoms with van der Waals surface area (Å²) in [6, 6.07) is 6.60. The first-order chi connectivity index (χ1) is 16.8. The molecule has 1 saturated carbocycles. The van der Waals surface area contributed by atoms with Gasteiger partial charge >= 0.3 is 12.4 Å². The first kappa shape index (κ1) is 26.1. The number of benzene rings is 1. The second kappa shape index (κ2) is 9.82. The smallest absolute Gasteiger partial charge is 0.374 e. The first-order valence-corrected chi connectivity index (χ1v) is 11.9. The van der Waals surface area contributed by atoms with E-state index in [1.165, 1.54) is 11.9 Å². The normalized spacial score (nSPS) is 20.6. The van der Waals surface area contributed by atoms with E-state index in [0.717, 1.165) is 30.6 Å². The van der Waals surface area contributed by atoms with E-state index in [1.54, 1.807) is 0 Å². The summed E-state index contributed by atoms with van der Waals surface area (Å²) in [5.41, 5.74) is -0.607. The van der Waals surface area contributed by atoms with Crippen LogP contribution < -0.4 is 15.1 Å². The van der Waals surface area contributed by atoms with Gasteiger partial charge < -0.3 is 15.1 Å². The van der Waals surface area contributed by atoms with Crippen molar-refractivity contribution in [3.8, 4) is 0 Å². The number of carbonyl (C=O) groups excluding carboxylic acids is 1. The Morgan fingerprint density at radius 3 is 2.22 bits per heavy atom. The largest absolute Gasteiger partial charge is 0.433 e. The molecule has 11 heteroatoms. The minimum atomic E-state index is -5.00. The van der Waals surface area contributed by atoms with Crippen LogP contribution in [0.25, 0.3) is 0 Å². The van der Waals surface area contributed by atoms with E-state index in [0.29, 0.717) is 43.4 Å². The summed E-state index contributed by atoms with van der Waals surface area (Å²) in [6.07, 6.45) is -6.03. The van der Waals surface area contributed by atoms with Gasteiger partial charge in [-0.15, -0.1) is 0 Å². The molecule has 1 aromatic heterocycles. The fraction of sp³-hybridized carbons (Fsp3) is 0.520. The maximum absolute atomic E-state index is 13.2. The van der Waals surface area contributed by atoms with Crippen LogP contribution in [0.4, 0.5) is 37.7 Å². The molecule has 1 aromatic carbocycles. The van der Waals surface area contributed by atoms with Crippen molar-refractivity contribution >= 4 is 17.3 Å². The summed E-state index contributed by atoms with van der Waals surface area (Å²) in [7, 11) is 3.49. The molecular formula is C25H28F6N4O. The average Bonchev–Trinajstić information content (AvgIpc) is 2.82. The molecule has 0 spiro atoms. The molecule has 1 N–H and O–H groups in total. The lowest BCUT2D eigenvalue weighted by molar-refractivity contribution is -0.150. The second-order valence-electron chi connectivity index (χ2n) is 9.51. The van der Waals surface area contributed by atoms with E-state index in [-0.39, 0.29) is 23.7 Å². The molecule has 4 rings (SSSR count). The Balaban J connectivity index is 1.43. The molecule has 0 unspecified atom stereocenters. The van der Waals surface area contributed by atoms with E-state index >= 15 is 0 Å². The van der Waals surface area contributed by atoms with Crippen molar-refractivity contribution in [3.05, 3.63) is 52.8 Å². The second-order valence-corrected chi connectivity index (χ2v) is 9.51. The fourth-order valence-electron chi connectivity index (χ4n) is 5.11. The summed E-state index contributed by atoms with van der Waals surface area (Å²) in [5.74, 6) is -0.155. The highest BCUT2D eigenvalue weighted by Gasteiger charge is 2.39. The molecular weight excluding hydrogens is 486 g/mol. The maximum Gasteiger partial charge on any atom is 0.433 e. The number of anilines is 2.